The molecule has 3 heterocycles. The minimum Gasteiger partial charge on any atom is -0.359 e. The average Bonchev–Trinajstić information content (AvgIpc) is 3.15. The van der Waals surface area contributed by atoms with Gasteiger partial charge in [-0.1, -0.05) is 6.07 Å². The van der Waals surface area contributed by atoms with Crippen LogP contribution >= 0.6 is 22.7 Å². The predicted octanol–water partition coefficient (Wildman–Crippen LogP) is 3.86. The zero-order valence-electron chi connectivity index (χ0n) is 12.2. The molecule has 0 fully saturated rings. The maximum absolute atomic E-state index is 4.68. The van der Waals surface area contributed by atoms with Crippen molar-refractivity contribution >= 4 is 44.7 Å². The second-order valence-electron chi connectivity index (χ2n) is 4.79. The molecule has 0 aliphatic heterocycles. The van der Waals surface area contributed by atoms with Crippen LogP contribution in [0.15, 0.2) is 29.0 Å². The van der Waals surface area contributed by atoms with Crippen molar-refractivity contribution in [2.75, 3.05) is 30.4 Å². The number of fused-ring (bicyclic) bond motifs is 1. The van der Waals surface area contributed by atoms with E-state index in [0.717, 1.165) is 35.5 Å². The Morgan fingerprint density at radius 1 is 1.19 bits per heavy atom. The molecule has 4 nitrogen and oxygen atoms in total. The number of hydrogen-bond donors (Lipinski definition) is 1. The van der Waals surface area contributed by atoms with E-state index < -0.39 is 0 Å². The smallest absolute Gasteiger partial charge is 0.226 e. The number of aromatic nitrogens is 2. The van der Waals surface area contributed by atoms with E-state index in [2.05, 4.69) is 63.1 Å². The van der Waals surface area contributed by atoms with Crippen molar-refractivity contribution in [2.24, 2.45) is 0 Å². The van der Waals surface area contributed by atoms with Gasteiger partial charge in [-0.2, -0.15) is 4.98 Å². The molecule has 3 aromatic heterocycles. The third kappa shape index (κ3) is 3.16. The molecule has 0 aromatic carbocycles. The first kappa shape index (κ1) is 14.3. The van der Waals surface area contributed by atoms with Gasteiger partial charge in [0.15, 0.2) is 0 Å². The van der Waals surface area contributed by atoms with Gasteiger partial charge in [-0.25, -0.2) is 4.98 Å². The summed E-state index contributed by atoms with van der Waals surface area (Å²) in [6.45, 7) is 3.84. The fraction of sp³-hybridized carbons (Fsp3) is 0.333. The van der Waals surface area contributed by atoms with E-state index in [1.807, 2.05) is 0 Å². The maximum Gasteiger partial charge on any atom is 0.226 e. The second-order valence-corrected chi connectivity index (χ2v) is 6.72. The first-order chi connectivity index (χ1) is 10.3. The van der Waals surface area contributed by atoms with E-state index in [0.29, 0.717) is 5.95 Å². The van der Waals surface area contributed by atoms with Crippen LogP contribution in [0.25, 0.3) is 10.2 Å². The van der Waals surface area contributed by atoms with E-state index in [1.165, 1.54) is 4.88 Å². The lowest BCUT2D eigenvalue weighted by atomic mass is 10.3. The molecular formula is C15H18N4S2. The Kier molecular flexibility index (Phi) is 4.36. The molecule has 3 aromatic rings. The van der Waals surface area contributed by atoms with E-state index in [4.69, 9.17) is 0 Å². The van der Waals surface area contributed by atoms with E-state index >= 15 is 0 Å². The van der Waals surface area contributed by atoms with Crippen LogP contribution in [0.5, 0.6) is 0 Å². The van der Waals surface area contributed by atoms with Crippen LogP contribution in [0.2, 0.25) is 0 Å². The second kappa shape index (κ2) is 6.41. The highest BCUT2D eigenvalue weighted by Gasteiger charge is 2.12. The van der Waals surface area contributed by atoms with Crippen molar-refractivity contribution < 1.29 is 0 Å². The van der Waals surface area contributed by atoms with Gasteiger partial charge >= 0.3 is 0 Å². The van der Waals surface area contributed by atoms with Gasteiger partial charge in [-0.3, -0.25) is 0 Å². The monoisotopic (exact) mass is 318 g/mol. The number of anilines is 2. The lowest BCUT2D eigenvalue weighted by molar-refractivity contribution is 0.871. The lowest BCUT2D eigenvalue weighted by Gasteiger charge is -2.19. The van der Waals surface area contributed by atoms with Gasteiger partial charge in [0.25, 0.3) is 0 Å². The van der Waals surface area contributed by atoms with Crippen LogP contribution < -0.4 is 10.2 Å². The molecule has 0 bridgehead atoms. The van der Waals surface area contributed by atoms with Crippen LogP contribution in [0.1, 0.15) is 11.8 Å². The first-order valence-corrected chi connectivity index (χ1v) is 8.76. The van der Waals surface area contributed by atoms with Crippen molar-refractivity contribution in [3.8, 4) is 0 Å². The molecule has 0 amide bonds. The van der Waals surface area contributed by atoms with Gasteiger partial charge in [-0.05, 0) is 36.2 Å². The number of hydrogen-bond acceptors (Lipinski definition) is 6. The highest BCUT2D eigenvalue weighted by molar-refractivity contribution is 7.16. The number of likely N-dealkylation sites (N-methyl/N-ethyl adjacent to an activating group) is 1. The molecule has 6 heteroatoms. The lowest BCUT2D eigenvalue weighted by Crippen LogP contribution is -2.22. The summed E-state index contributed by atoms with van der Waals surface area (Å²) in [5.74, 6) is 1.72. The molecule has 110 valence electrons. The molecule has 3 rings (SSSR count). The predicted molar refractivity (Wildman–Crippen MR) is 92.9 cm³/mol. The Labute approximate surface area is 132 Å². The van der Waals surface area contributed by atoms with Crippen LogP contribution in [0, 0.1) is 0 Å². The zero-order valence-corrected chi connectivity index (χ0v) is 13.8. The first-order valence-electron chi connectivity index (χ1n) is 7.00. The number of thiophene rings is 2. The van der Waals surface area contributed by atoms with Gasteiger partial charge in [-0.15, -0.1) is 22.7 Å². The fourth-order valence-corrected chi connectivity index (χ4v) is 3.66. The third-order valence-corrected chi connectivity index (χ3v) is 5.02. The Morgan fingerprint density at radius 3 is 2.86 bits per heavy atom. The summed E-state index contributed by atoms with van der Waals surface area (Å²) in [5.41, 5.74) is 0. The number of rotatable bonds is 6. The molecule has 0 spiro atoms. The molecule has 0 unspecified atom stereocenters. The summed E-state index contributed by atoms with van der Waals surface area (Å²) in [7, 11) is 2.10. The number of nitrogens with one attached hydrogen (secondary N) is 1. The summed E-state index contributed by atoms with van der Waals surface area (Å²) in [5, 5.41) is 8.55. The van der Waals surface area contributed by atoms with Gasteiger partial charge < -0.3 is 10.2 Å². The molecule has 0 radical (unpaired) electrons. The summed E-state index contributed by atoms with van der Waals surface area (Å²) in [6.07, 6.45) is 1.04. The number of nitrogens with zero attached hydrogens (tertiary/aromatic N) is 3. The average molecular weight is 318 g/mol. The third-order valence-electron chi connectivity index (χ3n) is 3.28. The van der Waals surface area contributed by atoms with Gasteiger partial charge in [0, 0.05) is 25.0 Å². The van der Waals surface area contributed by atoms with Gasteiger partial charge in [0.2, 0.25) is 5.95 Å². The molecule has 0 aliphatic carbocycles. The van der Waals surface area contributed by atoms with Crippen molar-refractivity contribution in [2.45, 2.75) is 13.3 Å². The van der Waals surface area contributed by atoms with Crippen molar-refractivity contribution in [3.63, 3.8) is 0 Å². The zero-order chi connectivity index (χ0) is 14.7. The van der Waals surface area contributed by atoms with E-state index in [-0.39, 0.29) is 0 Å². The van der Waals surface area contributed by atoms with Crippen LogP contribution in [0.3, 0.4) is 0 Å². The molecule has 0 atom stereocenters. The van der Waals surface area contributed by atoms with Crippen LogP contribution in [-0.4, -0.2) is 30.1 Å². The molecule has 0 saturated heterocycles. The van der Waals surface area contributed by atoms with Gasteiger partial charge in [0.1, 0.15) is 10.6 Å². The highest BCUT2D eigenvalue weighted by Crippen LogP contribution is 2.28. The molecule has 21 heavy (non-hydrogen) atoms. The molecular weight excluding hydrogens is 300 g/mol. The van der Waals surface area contributed by atoms with Crippen LogP contribution in [-0.2, 0) is 6.42 Å². The topological polar surface area (TPSA) is 41.1 Å². The SMILES string of the molecule is CCNc1nc(N(C)CCc2cccs2)c2ccsc2n1. The van der Waals surface area contributed by atoms with Gasteiger partial charge in [0.05, 0.1) is 5.39 Å². The largest absolute Gasteiger partial charge is 0.359 e. The van der Waals surface area contributed by atoms with Crippen LogP contribution in [0.4, 0.5) is 11.8 Å². The molecule has 1 N–H and O–H groups in total. The Morgan fingerprint density at radius 2 is 2.10 bits per heavy atom. The Bertz CT molecular complexity index is 706. The summed E-state index contributed by atoms with van der Waals surface area (Å²) in [6, 6.07) is 6.39. The van der Waals surface area contributed by atoms with Crippen molar-refractivity contribution in [1.29, 1.82) is 0 Å². The van der Waals surface area contributed by atoms with E-state index in [1.54, 1.807) is 22.7 Å². The Hall–Kier alpha value is -1.66. The summed E-state index contributed by atoms with van der Waals surface area (Å²) in [4.78, 5) is 13.9. The minimum atomic E-state index is 0.713. The van der Waals surface area contributed by atoms with Crippen molar-refractivity contribution in [3.05, 3.63) is 33.8 Å². The quantitative estimate of drug-likeness (QED) is 0.749. The van der Waals surface area contributed by atoms with E-state index in [9.17, 15) is 0 Å². The maximum atomic E-state index is 4.68. The Balaban J connectivity index is 1.85. The standard InChI is InChI=1S/C15H18N4S2/c1-3-16-15-17-13(12-7-10-21-14(12)18-15)19(2)8-6-11-5-4-9-20-11/h4-5,7,9-10H,3,6,8H2,1-2H3,(H,16,17,18). The fourth-order valence-electron chi connectivity index (χ4n) is 2.21. The van der Waals surface area contributed by atoms with Crippen molar-refractivity contribution in [1.82, 2.24) is 9.97 Å². The normalized spacial score (nSPS) is 11.0. The summed E-state index contributed by atoms with van der Waals surface area (Å²) < 4.78 is 0. The molecule has 0 saturated carbocycles. The highest BCUT2D eigenvalue weighted by atomic mass is 32.1. The summed E-state index contributed by atoms with van der Waals surface area (Å²) >= 11 is 3.47. The minimum absolute atomic E-state index is 0.713. The molecule has 0 aliphatic rings.